The summed E-state index contributed by atoms with van der Waals surface area (Å²) in [5.74, 6) is -0.160. The van der Waals surface area contributed by atoms with E-state index in [1.165, 1.54) is 12.1 Å². The number of halogens is 1. The molecule has 1 fully saturated rings. The molecule has 5 heteroatoms. The highest BCUT2D eigenvalue weighted by molar-refractivity contribution is 7.99. The summed E-state index contributed by atoms with van der Waals surface area (Å²) in [7, 11) is 0. The molecule has 0 unspecified atom stereocenters. The fourth-order valence-corrected chi connectivity index (χ4v) is 3.58. The molecule has 1 atom stereocenters. The molecule has 1 aliphatic heterocycles. The van der Waals surface area contributed by atoms with Crippen molar-refractivity contribution in [2.24, 2.45) is 0 Å². The first-order valence-electron chi connectivity index (χ1n) is 7.81. The Balaban J connectivity index is 1.65. The lowest BCUT2D eigenvalue weighted by molar-refractivity contribution is 0.0792. The van der Waals surface area contributed by atoms with Crippen LogP contribution in [0.25, 0.3) is 0 Å². The number of rotatable bonds is 4. The molecule has 0 N–H and O–H groups in total. The van der Waals surface area contributed by atoms with Gasteiger partial charge in [0.15, 0.2) is 0 Å². The number of pyridine rings is 1. The van der Waals surface area contributed by atoms with Crippen LogP contribution in [0, 0.1) is 5.82 Å². The third kappa shape index (κ3) is 3.91. The topological polar surface area (TPSA) is 33.2 Å². The fourth-order valence-electron chi connectivity index (χ4n) is 2.66. The van der Waals surface area contributed by atoms with Crippen molar-refractivity contribution in [3.05, 3.63) is 59.5 Å². The molecular formula is C18H19FN2OS. The maximum atomic E-state index is 13.0. The summed E-state index contributed by atoms with van der Waals surface area (Å²) in [4.78, 5) is 18.6. The lowest BCUT2D eigenvalue weighted by Gasteiger charge is -2.15. The van der Waals surface area contributed by atoms with Gasteiger partial charge in [-0.15, -0.1) is 0 Å². The Morgan fingerprint density at radius 2 is 1.87 bits per heavy atom. The van der Waals surface area contributed by atoms with Crippen molar-refractivity contribution in [3.8, 4) is 0 Å². The Bertz CT molecular complexity index is 666. The van der Waals surface area contributed by atoms with Crippen molar-refractivity contribution in [1.29, 1.82) is 0 Å². The number of amides is 1. The summed E-state index contributed by atoms with van der Waals surface area (Å²) in [6.07, 6.45) is 3.82. The van der Waals surface area contributed by atoms with E-state index in [1.807, 2.05) is 17.0 Å². The number of carbonyl (C=O) groups excluding carboxylic acids is 1. The van der Waals surface area contributed by atoms with E-state index in [9.17, 15) is 9.18 Å². The first kappa shape index (κ1) is 16.0. The predicted molar refractivity (Wildman–Crippen MR) is 90.0 cm³/mol. The van der Waals surface area contributed by atoms with E-state index in [1.54, 1.807) is 30.1 Å². The third-order valence-electron chi connectivity index (χ3n) is 4.01. The number of nitrogens with zero attached hydrogens (tertiary/aromatic N) is 2. The molecule has 2 heterocycles. The van der Waals surface area contributed by atoms with Crippen LogP contribution in [0.4, 0.5) is 4.39 Å². The van der Waals surface area contributed by atoms with Gasteiger partial charge in [-0.25, -0.2) is 9.37 Å². The molecule has 0 aliphatic carbocycles. The van der Waals surface area contributed by atoms with Crippen molar-refractivity contribution in [1.82, 2.24) is 9.88 Å². The lowest BCUT2D eigenvalue weighted by Crippen LogP contribution is -2.27. The molecule has 2 aromatic rings. The molecule has 120 valence electrons. The summed E-state index contributed by atoms with van der Waals surface area (Å²) in [6.45, 7) is 3.75. The first-order valence-corrected chi connectivity index (χ1v) is 8.69. The van der Waals surface area contributed by atoms with Crippen molar-refractivity contribution in [2.75, 3.05) is 13.1 Å². The predicted octanol–water partition coefficient (Wildman–Crippen LogP) is 4.31. The maximum Gasteiger partial charge on any atom is 0.255 e. The van der Waals surface area contributed by atoms with E-state index >= 15 is 0 Å². The molecule has 3 rings (SSSR count). The van der Waals surface area contributed by atoms with Gasteiger partial charge in [0.1, 0.15) is 5.82 Å². The number of aromatic nitrogens is 1. The summed E-state index contributed by atoms with van der Waals surface area (Å²) in [5.41, 5.74) is 1.70. The van der Waals surface area contributed by atoms with Crippen LogP contribution >= 0.6 is 11.8 Å². The third-order valence-corrected chi connectivity index (χ3v) is 5.12. The van der Waals surface area contributed by atoms with E-state index in [0.29, 0.717) is 5.56 Å². The molecule has 0 spiro atoms. The average molecular weight is 330 g/mol. The molecule has 23 heavy (non-hydrogen) atoms. The van der Waals surface area contributed by atoms with Gasteiger partial charge in [-0.3, -0.25) is 4.79 Å². The molecule has 1 aromatic carbocycles. The Hall–Kier alpha value is -1.88. The van der Waals surface area contributed by atoms with Crippen LogP contribution in [0.1, 0.15) is 40.9 Å². The van der Waals surface area contributed by atoms with Crippen molar-refractivity contribution >= 4 is 17.7 Å². The second kappa shape index (κ2) is 7.13. The molecule has 1 amide bonds. The minimum Gasteiger partial charge on any atom is -0.339 e. The van der Waals surface area contributed by atoms with E-state index in [2.05, 4.69) is 11.9 Å². The summed E-state index contributed by atoms with van der Waals surface area (Å²) >= 11 is 1.60. The van der Waals surface area contributed by atoms with Gasteiger partial charge in [-0.05, 0) is 49.6 Å². The average Bonchev–Trinajstić information content (AvgIpc) is 3.10. The number of hydrogen-bond acceptors (Lipinski definition) is 3. The SMILES string of the molecule is C[C@H](Sc1ccc(C(=O)N2CCCC2)cn1)c1ccc(F)cc1. The highest BCUT2D eigenvalue weighted by Crippen LogP contribution is 2.33. The van der Waals surface area contributed by atoms with Crippen LogP contribution in [0.5, 0.6) is 0 Å². The summed E-state index contributed by atoms with van der Waals surface area (Å²) < 4.78 is 13.0. The molecule has 3 nitrogen and oxygen atoms in total. The number of thioether (sulfide) groups is 1. The molecule has 0 saturated carbocycles. The number of benzene rings is 1. The van der Waals surface area contributed by atoms with E-state index in [0.717, 1.165) is 36.5 Å². The minimum atomic E-state index is -0.228. The Kier molecular flexibility index (Phi) is 4.96. The highest BCUT2D eigenvalue weighted by Gasteiger charge is 2.19. The molecule has 1 saturated heterocycles. The van der Waals surface area contributed by atoms with Crippen LogP contribution in [0.2, 0.25) is 0 Å². The van der Waals surface area contributed by atoms with E-state index < -0.39 is 0 Å². The lowest BCUT2D eigenvalue weighted by atomic mass is 10.2. The van der Waals surface area contributed by atoms with Gasteiger partial charge >= 0.3 is 0 Å². The normalized spacial score (nSPS) is 15.7. The standard InChI is InChI=1S/C18H19FN2OS/c1-13(14-4-7-16(19)8-5-14)23-17-9-6-15(12-20-17)18(22)21-10-2-3-11-21/h4-9,12-13H,2-3,10-11H2,1H3/t13-/m0/s1. The smallest absolute Gasteiger partial charge is 0.255 e. The summed E-state index contributed by atoms with van der Waals surface area (Å²) in [6, 6.07) is 10.2. The number of likely N-dealkylation sites (tertiary alicyclic amines) is 1. The van der Waals surface area contributed by atoms with Gasteiger partial charge in [0, 0.05) is 24.5 Å². The Morgan fingerprint density at radius 1 is 1.17 bits per heavy atom. The molecule has 1 aliphatic rings. The second-order valence-corrected chi connectivity index (χ2v) is 7.06. The van der Waals surface area contributed by atoms with Crippen LogP contribution in [-0.2, 0) is 0 Å². The first-order chi connectivity index (χ1) is 11.1. The van der Waals surface area contributed by atoms with Gasteiger partial charge in [-0.1, -0.05) is 23.9 Å². The number of hydrogen-bond donors (Lipinski definition) is 0. The monoisotopic (exact) mass is 330 g/mol. The van der Waals surface area contributed by atoms with Crippen LogP contribution in [-0.4, -0.2) is 28.9 Å². The van der Waals surface area contributed by atoms with Crippen LogP contribution < -0.4 is 0 Å². The summed E-state index contributed by atoms with van der Waals surface area (Å²) in [5, 5.41) is 1.03. The van der Waals surface area contributed by atoms with Gasteiger partial charge in [-0.2, -0.15) is 0 Å². The number of carbonyl (C=O) groups is 1. The van der Waals surface area contributed by atoms with Crippen molar-refractivity contribution in [3.63, 3.8) is 0 Å². The second-order valence-electron chi connectivity index (χ2n) is 5.70. The van der Waals surface area contributed by atoms with Crippen LogP contribution in [0.15, 0.2) is 47.6 Å². The van der Waals surface area contributed by atoms with Crippen LogP contribution in [0.3, 0.4) is 0 Å². The van der Waals surface area contributed by atoms with E-state index in [-0.39, 0.29) is 17.0 Å². The van der Waals surface area contributed by atoms with Gasteiger partial charge in [0.05, 0.1) is 10.6 Å². The zero-order valence-corrected chi connectivity index (χ0v) is 13.9. The Labute approximate surface area is 139 Å². The molecular weight excluding hydrogens is 311 g/mol. The zero-order valence-electron chi connectivity index (χ0n) is 13.0. The van der Waals surface area contributed by atoms with Gasteiger partial charge in [0.2, 0.25) is 0 Å². The maximum absolute atomic E-state index is 13.0. The van der Waals surface area contributed by atoms with E-state index in [4.69, 9.17) is 0 Å². The van der Waals surface area contributed by atoms with Gasteiger partial charge < -0.3 is 4.90 Å². The van der Waals surface area contributed by atoms with Gasteiger partial charge in [0.25, 0.3) is 5.91 Å². The zero-order chi connectivity index (χ0) is 16.2. The Morgan fingerprint density at radius 3 is 2.48 bits per heavy atom. The molecule has 0 radical (unpaired) electrons. The molecule has 1 aromatic heterocycles. The minimum absolute atomic E-state index is 0.0677. The highest BCUT2D eigenvalue weighted by atomic mass is 32.2. The van der Waals surface area contributed by atoms with Crippen molar-refractivity contribution in [2.45, 2.75) is 30.0 Å². The van der Waals surface area contributed by atoms with Crippen molar-refractivity contribution < 1.29 is 9.18 Å². The largest absolute Gasteiger partial charge is 0.339 e. The fraction of sp³-hybridized carbons (Fsp3) is 0.333. The quantitative estimate of drug-likeness (QED) is 0.783. The molecule has 0 bridgehead atoms.